The highest BCUT2D eigenvalue weighted by Gasteiger charge is 1.96. The highest BCUT2D eigenvalue weighted by atomic mass is 16.5. The molecule has 1 rings (SSSR count). The molecule has 0 aromatic heterocycles. The van der Waals surface area contributed by atoms with Gasteiger partial charge in [0.25, 0.3) is 0 Å². The molecule has 0 spiro atoms. The topological polar surface area (TPSA) is 29.5 Å². The predicted octanol–water partition coefficient (Wildman–Crippen LogP) is 2.87. The highest BCUT2D eigenvalue weighted by Crippen LogP contribution is 2.18. The third-order valence-corrected chi connectivity index (χ3v) is 2.20. The molecule has 15 heavy (non-hydrogen) atoms. The van der Waals surface area contributed by atoms with E-state index in [-0.39, 0.29) is 6.61 Å². The first-order valence-corrected chi connectivity index (χ1v) is 5.28. The van der Waals surface area contributed by atoms with Crippen molar-refractivity contribution in [3.8, 4) is 5.75 Å². The molecule has 1 N–H and O–H groups in total. The van der Waals surface area contributed by atoms with Crippen molar-refractivity contribution in [3.63, 3.8) is 0 Å². The summed E-state index contributed by atoms with van der Waals surface area (Å²) in [7, 11) is 0. The lowest BCUT2D eigenvalue weighted by Crippen LogP contribution is -1.91. The van der Waals surface area contributed by atoms with Crippen molar-refractivity contribution in [2.75, 3.05) is 13.2 Å². The number of hydrogen-bond acceptors (Lipinski definition) is 2. The molecule has 0 aliphatic rings. The van der Waals surface area contributed by atoms with Gasteiger partial charge in [0.05, 0.1) is 6.61 Å². The van der Waals surface area contributed by atoms with Crippen molar-refractivity contribution in [1.29, 1.82) is 0 Å². The van der Waals surface area contributed by atoms with Crippen LogP contribution < -0.4 is 4.74 Å². The molecule has 0 amide bonds. The number of benzene rings is 1. The number of rotatable bonds is 5. The van der Waals surface area contributed by atoms with E-state index < -0.39 is 0 Å². The zero-order valence-electron chi connectivity index (χ0n) is 9.36. The summed E-state index contributed by atoms with van der Waals surface area (Å²) in [6.07, 6.45) is 2.74. The Labute approximate surface area is 91.2 Å². The molecule has 0 radical (unpaired) electrons. The molecule has 1 aromatic rings. The van der Waals surface area contributed by atoms with Crippen molar-refractivity contribution in [3.05, 3.63) is 35.9 Å². The molecule has 0 heterocycles. The van der Waals surface area contributed by atoms with Gasteiger partial charge in [-0.05, 0) is 43.5 Å². The second-order valence-corrected chi connectivity index (χ2v) is 3.36. The molecule has 0 unspecified atom stereocenters. The van der Waals surface area contributed by atoms with Gasteiger partial charge in [0.15, 0.2) is 0 Å². The smallest absolute Gasteiger partial charge is 0.119 e. The first kappa shape index (κ1) is 11.8. The summed E-state index contributed by atoms with van der Waals surface area (Å²) >= 11 is 0. The molecule has 0 atom stereocenters. The lowest BCUT2D eigenvalue weighted by atomic mass is 10.1. The molecule has 0 aliphatic heterocycles. The Kier molecular flexibility index (Phi) is 4.91. The summed E-state index contributed by atoms with van der Waals surface area (Å²) in [6, 6.07) is 8.01. The Bertz CT molecular complexity index is 312. The van der Waals surface area contributed by atoms with Crippen LogP contribution >= 0.6 is 0 Å². The van der Waals surface area contributed by atoms with Gasteiger partial charge in [0.2, 0.25) is 0 Å². The quantitative estimate of drug-likeness (QED) is 0.802. The maximum Gasteiger partial charge on any atom is 0.119 e. The molecule has 1 aromatic carbocycles. The summed E-state index contributed by atoms with van der Waals surface area (Å²) < 4.78 is 5.36. The van der Waals surface area contributed by atoms with Crippen LogP contribution in [-0.4, -0.2) is 18.3 Å². The Morgan fingerprint density at radius 3 is 2.53 bits per heavy atom. The van der Waals surface area contributed by atoms with Gasteiger partial charge < -0.3 is 9.84 Å². The summed E-state index contributed by atoms with van der Waals surface area (Å²) in [6.45, 7) is 4.92. The van der Waals surface area contributed by atoms with E-state index in [2.05, 4.69) is 0 Å². The average Bonchev–Trinajstić information content (AvgIpc) is 2.27. The minimum absolute atomic E-state index is 0.203. The zero-order valence-corrected chi connectivity index (χ0v) is 9.36. The SMILES string of the molecule is CCOc1ccc(C(C)=CCCO)cc1. The molecular weight excluding hydrogens is 188 g/mol. The summed E-state index contributed by atoms with van der Waals surface area (Å²) in [5.41, 5.74) is 2.36. The number of allylic oxidation sites excluding steroid dienone is 1. The standard InChI is InChI=1S/C13H18O2/c1-3-15-13-8-6-12(7-9-13)11(2)5-4-10-14/h5-9,14H,3-4,10H2,1-2H3. The Hall–Kier alpha value is -1.28. The summed E-state index contributed by atoms with van der Waals surface area (Å²) in [5, 5.41) is 8.71. The van der Waals surface area contributed by atoms with Gasteiger partial charge in [-0.15, -0.1) is 0 Å². The summed E-state index contributed by atoms with van der Waals surface area (Å²) in [4.78, 5) is 0. The van der Waals surface area contributed by atoms with E-state index in [1.807, 2.05) is 44.2 Å². The van der Waals surface area contributed by atoms with Crippen molar-refractivity contribution in [1.82, 2.24) is 0 Å². The van der Waals surface area contributed by atoms with E-state index in [1.54, 1.807) is 0 Å². The lowest BCUT2D eigenvalue weighted by Gasteiger charge is -2.05. The minimum Gasteiger partial charge on any atom is -0.494 e. The first-order valence-electron chi connectivity index (χ1n) is 5.28. The van der Waals surface area contributed by atoms with Gasteiger partial charge in [0, 0.05) is 6.61 Å². The number of aliphatic hydroxyl groups excluding tert-OH is 1. The summed E-state index contributed by atoms with van der Waals surface area (Å²) in [5.74, 6) is 0.899. The fraction of sp³-hybridized carbons (Fsp3) is 0.385. The molecule has 2 nitrogen and oxygen atoms in total. The Morgan fingerprint density at radius 2 is 2.00 bits per heavy atom. The molecule has 0 saturated carbocycles. The van der Waals surface area contributed by atoms with Gasteiger partial charge in [-0.25, -0.2) is 0 Å². The van der Waals surface area contributed by atoms with E-state index >= 15 is 0 Å². The zero-order chi connectivity index (χ0) is 11.1. The maximum absolute atomic E-state index is 8.71. The molecule has 0 bridgehead atoms. The van der Waals surface area contributed by atoms with Gasteiger partial charge in [0.1, 0.15) is 5.75 Å². The Balaban J connectivity index is 2.70. The van der Waals surface area contributed by atoms with Crippen LogP contribution in [0.5, 0.6) is 5.75 Å². The first-order chi connectivity index (χ1) is 7.27. The predicted molar refractivity (Wildman–Crippen MR) is 63.0 cm³/mol. The van der Waals surface area contributed by atoms with E-state index in [0.717, 1.165) is 5.75 Å². The van der Waals surface area contributed by atoms with Crippen LogP contribution in [0.25, 0.3) is 5.57 Å². The van der Waals surface area contributed by atoms with Crippen molar-refractivity contribution >= 4 is 5.57 Å². The van der Waals surface area contributed by atoms with Crippen LogP contribution in [0.4, 0.5) is 0 Å². The van der Waals surface area contributed by atoms with E-state index in [9.17, 15) is 0 Å². The van der Waals surface area contributed by atoms with Crippen LogP contribution in [-0.2, 0) is 0 Å². The van der Waals surface area contributed by atoms with Crippen LogP contribution in [0, 0.1) is 0 Å². The van der Waals surface area contributed by atoms with Crippen molar-refractivity contribution < 1.29 is 9.84 Å². The van der Waals surface area contributed by atoms with Gasteiger partial charge in [-0.3, -0.25) is 0 Å². The van der Waals surface area contributed by atoms with Crippen LogP contribution in [0.2, 0.25) is 0 Å². The maximum atomic E-state index is 8.71. The highest BCUT2D eigenvalue weighted by molar-refractivity contribution is 5.64. The second-order valence-electron chi connectivity index (χ2n) is 3.36. The van der Waals surface area contributed by atoms with Crippen LogP contribution in [0.15, 0.2) is 30.3 Å². The van der Waals surface area contributed by atoms with Crippen LogP contribution in [0.1, 0.15) is 25.8 Å². The average molecular weight is 206 g/mol. The lowest BCUT2D eigenvalue weighted by molar-refractivity contribution is 0.303. The van der Waals surface area contributed by atoms with E-state index in [4.69, 9.17) is 9.84 Å². The molecule has 0 fully saturated rings. The van der Waals surface area contributed by atoms with Crippen molar-refractivity contribution in [2.45, 2.75) is 20.3 Å². The Morgan fingerprint density at radius 1 is 1.33 bits per heavy atom. The molecule has 82 valence electrons. The van der Waals surface area contributed by atoms with Gasteiger partial charge in [-0.2, -0.15) is 0 Å². The fourth-order valence-electron chi connectivity index (χ4n) is 1.38. The third kappa shape index (κ3) is 3.76. The number of hydrogen-bond donors (Lipinski definition) is 1. The number of aliphatic hydroxyl groups is 1. The fourth-order valence-corrected chi connectivity index (χ4v) is 1.38. The van der Waals surface area contributed by atoms with Gasteiger partial charge in [-0.1, -0.05) is 18.2 Å². The van der Waals surface area contributed by atoms with E-state index in [0.29, 0.717) is 13.0 Å². The normalized spacial score (nSPS) is 11.5. The van der Waals surface area contributed by atoms with Crippen molar-refractivity contribution in [2.24, 2.45) is 0 Å². The van der Waals surface area contributed by atoms with Gasteiger partial charge >= 0.3 is 0 Å². The molecule has 2 heteroatoms. The largest absolute Gasteiger partial charge is 0.494 e. The number of ether oxygens (including phenoxy) is 1. The molecular formula is C13H18O2. The third-order valence-electron chi connectivity index (χ3n) is 2.20. The minimum atomic E-state index is 0.203. The van der Waals surface area contributed by atoms with E-state index in [1.165, 1.54) is 11.1 Å². The molecule has 0 aliphatic carbocycles. The van der Waals surface area contributed by atoms with Crippen LogP contribution in [0.3, 0.4) is 0 Å². The molecule has 0 saturated heterocycles. The second kappa shape index (κ2) is 6.25. The monoisotopic (exact) mass is 206 g/mol.